The molecule has 4 rings (SSSR count). The van der Waals surface area contributed by atoms with Gasteiger partial charge in [0.05, 0.1) is 18.1 Å². The molecule has 3 heterocycles. The summed E-state index contributed by atoms with van der Waals surface area (Å²) < 4.78 is 38.0. The van der Waals surface area contributed by atoms with Crippen LogP contribution in [-0.4, -0.2) is 67.6 Å². The van der Waals surface area contributed by atoms with Crippen molar-refractivity contribution in [2.75, 3.05) is 26.3 Å². The third-order valence-electron chi connectivity index (χ3n) is 5.40. The third kappa shape index (κ3) is 3.24. The number of hydrogen-bond acceptors (Lipinski definition) is 6. The molecule has 0 aromatic heterocycles. The maximum absolute atomic E-state index is 13.0. The average Bonchev–Trinajstić information content (AvgIpc) is 3.30. The summed E-state index contributed by atoms with van der Waals surface area (Å²) in [7, 11) is -4.06. The topological polar surface area (TPSA) is 93.2 Å². The summed E-state index contributed by atoms with van der Waals surface area (Å²) in [6.07, 6.45) is 1.35. The van der Waals surface area contributed by atoms with Crippen LogP contribution in [0.2, 0.25) is 0 Å². The number of carbonyl (C=O) groups is 2. The fraction of sp³-hybridized carbons (Fsp3) is 0.556. The first-order valence-corrected chi connectivity index (χ1v) is 10.6. The Hall–Kier alpha value is -1.97. The van der Waals surface area contributed by atoms with Gasteiger partial charge in [-0.05, 0) is 18.6 Å². The molecule has 1 atom stereocenters. The lowest BCUT2D eigenvalue weighted by Crippen LogP contribution is -2.53. The molecule has 0 N–H and O–H groups in total. The van der Waals surface area contributed by atoms with E-state index in [2.05, 4.69) is 0 Å². The van der Waals surface area contributed by atoms with Gasteiger partial charge in [0.1, 0.15) is 6.04 Å². The van der Waals surface area contributed by atoms with Crippen molar-refractivity contribution < 1.29 is 27.5 Å². The smallest absolute Gasteiger partial charge is 0.267 e. The Morgan fingerprint density at radius 3 is 2.33 bits per heavy atom. The number of rotatable bonds is 3. The van der Waals surface area contributed by atoms with Crippen molar-refractivity contribution in [1.29, 1.82) is 0 Å². The Morgan fingerprint density at radius 1 is 1.07 bits per heavy atom. The van der Waals surface area contributed by atoms with Crippen LogP contribution >= 0.6 is 0 Å². The average molecular weight is 394 g/mol. The zero-order valence-electron chi connectivity index (χ0n) is 14.9. The van der Waals surface area contributed by atoms with Crippen LogP contribution < -0.4 is 0 Å². The fourth-order valence-corrected chi connectivity index (χ4v) is 5.58. The molecule has 9 heteroatoms. The van der Waals surface area contributed by atoms with Crippen LogP contribution in [0.4, 0.5) is 0 Å². The Balaban J connectivity index is 1.52. The van der Waals surface area contributed by atoms with Crippen molar-refractivity contribution in [3.63, 3.8) is 0 Å². The summed E-state index contributed by atoms with van der Waals surface area (Å²) in [4.78, 5) is 27.0. The van der Waals surface area contributed by atoms with Crippen LogP contribution in [0.5, 0.6) is 0 Å². The third-order valence-corrected chi connectivity index (χ3v) is 7.24. The largest absolute Gasteiger partial charge is 0.347 e. The number of carbonyl (C=O) groups excluding carboxylic acids is 2. The van der Waals surface area contributed by atoms with E-state index in [4.69, 9.17) is 9.47 Å². The molecule has 0 bridgehead atoms. The number of sulfonamides is 1. The van der Waals surface area contributed by atoms with Gasteiger partial charge in [0.2, 0.25) is 11.8 Å². The van der Waals surface area contributed by atoms with Crippen LogP contribution in [0.3, 0.4) is 0 Å². The van der Waals surface area contributed by atoms with Crippen LogP contribution in [-0.2, 0) is 29.1 Å². The Morgan fingerprint density at radius 2 is 1.70 bits per heavy atom. The number of ether oxygens (including phenoxy) is 2. The quantitative estimate of drug-likeness (QED) is 0.750. The molecule has 3 aliphatic heterocycles. The summed E-state index contributed by atoms with van der Waals surface area (Å²) >= 11 is 0. The summed E-state index contributed by atoms with van der Waals surface area (Å²) in [6, 6.07) is 6.77. The standard InChI is InChI=1S/C18H22N2O6S/c21-16-7-6-15(20(16)27(23,24)14-4-2-1-3-5-14)17(22)19-10-8-18(9-11-19)25-12-13-26-18/h1-5,15H,6-13H2/t15-/m1/s1. The lowest BCUT2D eigenvalue weighted by Gasteiger charge is -2.39. The SMILES string of the molecule is O=C([C@H]1CCC(=O)N1S(=O)(=O)c1ccccc1)N1CCC2(CC1)OCCO2. The second kappa shape index (κ2) is 6.88. The molecule has 2 amide bonds. The highest BCUT2D eigenvalue weighted by Crippen LogP contribution is 2.33. The van der Waals surface area contributed by atoms with Gasteiger partial charge in [0.15, 0.2) is 5.79 Å². The van der Waals surface area contributed by atoms with Gasteiger partial charge in [-0.25, -0.2) is 12.7 Å². The molecule has 8 nitrogen and oxygen atoms in total. The minimum Gasteiger partial charge on any atom is -0.347 e. The number of likely N-dealkylation sites (tertiary alicyclic amines) is 1. The predicted octanol–water partition coefficient (Wildman–Crippen LogP) is 0.732. The Bertz CT molecular complexity index is 825. The zero-order chi connectivity index (χ0) is 19.1. The van der Waals surface area contributed by atoms with Gasteiger partial charge in [0.25, 0.3) is 10.0 Å². The van der Waals surface area contributed by atoms with Gasteiger partial charge < -0.3 is 14.4 Å². The maximum atomic E-state index is 13.0. The molecule has 146 valence electrons. The van der Waals surface area contributed by atoms with Gasteiger partial charge in [0, 0.05) is 32.4 Å². The van der Waals surface area contributed by atoms with Crippen LogP contribution in [0.15, 0.2) is 35.2 Å². The molecule has 1 aromatic carbocycles. The first-order chi connectivity index (χ1) is 12.9. The molecular formula is C18H22N2O6S. The van der Waals surface area contributed by atoms with E-state index in [-0.39, 0.29) is 23.6 Å². The molecular weight excluding hydrogens is 372 g/mol. The highest BCUT2D eigenvalue weighted by Gasteiger charge is 2.47. The summed E-state index contributed by atoms with van der Waals surface area (Å²) in [5.41, 5.74) is 0. The first kappa shape index (κ1) is 18.4. The van der Waals surface area contributed by atoms with Crippen LogP contribution in [0.25, 0.3) is 0 Å². The zero-order valence-corrected chi connectivity index (χ0v) is 15.7. The number of amides is 2. The van der Waals surface area contributed by atoms with Crippen molar-refractivity contribution in [3.05, 3.63) is 30.3 Å². The number of hydrogen-bond donors (Lipinski definition) is 0. The molecule has 1 aromatic rings. The molecule has 0 radical (unpaired) electrons. The molecule has 0 saturated carbocycles. The second-order valence-electron chi connectivity index (χ2n) is 7.00. The molecule has 0 unspecified atom stereocenters. The van der Waals surface area contributed by atoms with Gasteiger partial charge in [-0.2, -0.15) is 0 Å². The minimum atomic E-state index is -4.06. The second-order valence-corrected chi connectivity index (χ2v) is 8.81. The minimum absolute atomic E-state index is 0.0170. The van der Waals surface area contributed by atoms with Crippen molar-refractivity contribution in [1.82, 2.24) is 9.21 Å². The van der Waals surface area contributed by atoms with Crippen molar-refractivity contribution in [2.24, 2.45) is 0 Å². The molecule has 27 heavy (non-hydrogen) atoms. The summed E-state index contributed by atoms with van der Waals surface area (Å²) in [5, 5.41) is 0. The Labute approximate surface area is 158 Å². The highest BCUT2D eigenvalue weighted by atomic mass is 32.2. The van der Waals surface area contributed by atoms with E-state index in [1.807, 2.05) is 0 Å². The van der Waals surface area contributed by atoms with Crippen molar-refractivity contribution >= 4 is 21.8 Å². The lowest BCUT2D eigenvalue weighted by molar-refractivity contribution is -0.188. The number of benzene rings is 1. The normalized spacial score (nSPS) is 25.3. The van der Waals surface area contributed by atoms with E-state index in [0.717, 1.165) is 4.31 Å². The number of nitrogens with zero attached hydrogens (tertiary/aromatic N) is 2. The van der Waals surface area contributed by atoms with Crippen LogP contribution in [0.1, 0.15) is 25.7 Å². The first-order valence-electron chi connectivity index (χ1n) is 9.12. The van der Waals surface area contributed by atoms with Gasteiger partial charge >= 0.3 is 0 Å². The van der Waals surface area contributed by atoms with Crippen LogP contribution in [0, 0.1) is 0 Å². The molecule has 1 spiro atoms. The summed E-state index contributed by atoms with van der Waals surface area (Å²) in [5.74, 6) is -1.47. The van der Waals surface area contributed by atoms with E-state index in [1.54, 1.807) is 23.1 Å². The predicted molar refractivity (Wildman–Crippen MR) is 93.9 cm³/mol. The van der Waals surface area contributed by atoms with E-state index >= 15 is 0 Å². The van der Waals surface area contributed by atoms with Gasteiger partial charge in [-0.1, -0.05) is 18.2 Å². The van der Waals surface area contributed by atoms with Crippen molar-refractivity contribution in [2.45, 2.75) is 42.4 Å². The highest BCUT2D eigenvalue weighted by molar-refractivity contribution is 7.89. The lowest BCUT2D eigenvalue weighted by atomic mass is 10.0. The van der Waals surface area contributed by atoms with E-state index < -0.39 is 27.8 Å². The van der Waals surface area contributed by atoms with Gasteiger partial charge in [-0.15, -0.1) is 0 Å². The maximum Gasteiger partial charge on any atom is 0.267 e. The van der Waals surface area contributed by atoms with Crippen molar-refractivity contribution in [3.8, 4) is 0 Å². The number of piperidine rings is 1. The molecule has 3 aliphatic rings. The van der Waals surface area contributed by atoms with E-state index in [0.29, 0.717) is 39.1 Å². The van der Waals surface area contributed by atoms with E-state index in [9.17, 15) is 18.0 Å². The summed E-state index contributed by atoms with van der Waals surface area (Å²) in [6.45, 7) is 1.94. The van der Waals surface area contributed by atoms with E-state index in [1.165, 1.54) is 12.1 Å². The molecule has 3 saturated heterocycles. The monoisotopic (exact) mass is 394 g/mol. The van der Waals surface area contributed by atoms with Gasteiger partial charge in [-0.3, -0.25) is 9.59 Å². The Kier molecular flexibility index (Phi) is 4.69. The molecule has 0 aliphatic carbocycles. The fourth-order valence-electron chi connectivity index (χ4n) is 3.96. The molecule has 3 fully saturated rings.